The summed E-state index contributed by atoms with van der Waals surface area (Å²) in [7, 11) is -8.24. The topological polar surface area (TPSA) is 74.8 Å². The Bertz CT molecular complexity index is 1090. The standard InChI is InChI=1S/C18H19F3N2O4S2/c1-14-6-8-15(9-7-14)28(24,25)22-10-12-23(13-11-22)29(26,27)17-5-3-2-4-16(17)18(19,20)21/h2-9H,10-13H2,1H3. The first-order valence-electron chi connectivity index (χ1n) is 8.67. The summed E-state index contributed by atoms with van der Waals surface area (Å²) in [6.07, 6.45) is -4.82. The van der Waals surface area contributed by atoms with Crippen LogP contribution in [-0.2, 0) is 26.2 Å². The Morgan fingerprint density at radius 2 is 1.24 bits per heavy atom. The zero-order chi connectivity index (χ0) is 21.4. The van der Waals surface area contributed by atoms with Crippen LogP contribution in [0, 0.1) is 6.92 Å². The van der Waals surface area contributed by atoms with Crippen LogP contribution in [0.15, 0.2) is 58.3 Å². The SMILES string of the molecule is Cc1ccc(S(=O)(=O)N2CCN(S(=O)(=O)c3ccccc3C(F)(F)F)CC2)cc1. The largest absolute Gasteiger partial charge is 0.417 e. The van der Waals surface area contributed by atoms with Crippen molar-refractivity contribution in [2.24, 2.45) is 0 Å². The summed E-state index contributed by atoms with van der Waals surface area (Å²) in [6.45, 7) is 1.05. The number of benzene rings is 2. The molecular formula is C18H19F3N2O4S2. The van der Waals surface area contributed by atoms with Gasteiger partial charge < -0.3 is 0 Å². The molecule has 0 amide bonds. The van der Waals surface area contributed by atoms with Crippen LogP contribution in [0.5, 0.6) is 0 Å². The van der Waals surface area contributed by atoms with Crippen molar-refractivity contribution in [1.29, 1.82) is 0 Å². The number of piperazine rings is 1. The van der Waals surface area contributed by atoms with Crippen LogP contribution >= 0.6 is 0 Å². The van der Waals surface area contributed by atoms with Crippen LogP contribution in [-0.4, -0.2) is 51.6 Å². The van der Waals surface area contributed by atoms with Crippen LogP contribution in [0.2, 0.25) is 0 Å². The maximum absolute atomic E-state index is 13.2. The first kappa shape index (κ1) is 21.8. The monoisotopic (exact) mass is 448 g/mol. The quantitative estimate of drug-likeness (QED) is 0.721. The van der Waals surface area contributed by atoms with Crippen molar-refractivity contribution in [3.8, 4) is 0 Å². The molecule has 0 radical (unpaired) electrons. The van der Waals surface area contributed by atoms with Gasteiger partial charge in [0.15, 0.2) is 0 Å². The number of nitrogens with zero attached hydrogens (tertiary/aromatic N) is 2. The Balaban J connectivity index is 1.81. The minimum atomic E-state index is -4.82. The molecule has 0 N–H and O–H groups in total. The number of alkyl halides is 3. The maximum atomic E-state index is 13.2. The Hall–Kier alpha value is -1.95. The second-order valence-corrected chi connectivity index (χ2v) is 10.5. The number of hydrogen-bond donors (Lipinski definition) is 0. The van der Waals surface area contributed by atoms with Crippen LogP contribution in [0.1, 0.15) is 11.1 Å². The van der Waals surface area contributed by atoms with Gasteiger partial charge in [0.2, 0.25) is 20.0 Å². The molecule has 1 heterocycles. The molecule has 0 unspecified atom stereocenters. The van der Waals surface area contributed by atoms with Crippen molar-refractivity contribution in [1.82, 2.24) is 8.61 Å². The highest BCUT2D eigenvalue weighted by Crippen LogP contribution is 2.35. The third kappa shape index (κ3) is 4.32. The van der Waals surface area contributed by atoms with E-state index >= 15 is 0 Å². The lowest BCUT2D eigenvalue weighted by molar-refractivity contribution is -0.139. The van der Waals surface area contributed by atoms with Gasteiger partial charge in [-0.15, -0.1) is 0 Å². The predicted octanol–water partition coefficient (Wildman–Crippen LogP) is 2.71. The number of hydrogen-bond acceptors (Lipinski definition) is 4. The molecule has 1 aliphatic rings. The molecule has 0 aromatic heterocycles. The second-order valence-electron chi connectivity index (χ2n) is 6.62. The van der Waals surface area contributed by atoms with E-state index in [1.54, 1.807) is 12.1 Å². The summed E-state index contributed by atoms with van der Waals surface area (Å²) in [5.74, 6) is 0. The van der Waals surface area contributed by atoms with Crippen LogP contribution < -0.4 is 0 Å². The molecule has 6 nitrogen and oxygen atoms in total. The van der Waals surface area contributed by atoms with E-state index in [9.17, 15) is 30.0 Å². The van der Waals surface area contributed by atoms with Crippen molar-refractivity contribution >= 4 is 20.0 Å². The molecule has 158 valence electrons. The van der Waals surface area contributed by atoms with Crippen LogP contribution in [0.3, 0.4) is 0 Å². The van der Waals surface area contributed by atoms with E-state index in [1.807, 2.05) is 6.92 Å². The molecule has 0 bridgehead atoms. The molecule has 2 aromatic rings. The maximum Gasteiger partial charge on any atom is 0.417 e. The number of rotatable bonds is 4. The Kier molecular flexibility index (Phi) is 5.78. The van der Waals surface area contributed by atoms with E-state index < -0.39 is 36.7 Å². The lowest BCUT2D eigenvalue weighted by Crippen LogP contribution is -2.50. The first-order valence-corrected chi connectivity index (χ1v) is 11.6. The van der Waals surface area contributed by atoms with Gasteiger partial charge in [-0.2, -0.15) is 21.8 Å². The average Bonchev–Trinajstić information content (AvgIpc) is 2.68. The Labute approximate surface area is 167 Å². The van der Waals surface area contributed by atoms with Gasteiger partial charge in [0, 0.05) is 26.2 Å². The molecule has 29 heavy (non-hydrogen) atoms. The smallest absolute Gasteiger partial charge is 0.207 e. The van der Waals surface area contributed by atoms with E-state index in [0.717, 1.165) is 26.3 Å². The van der Waals surface area contributed by atoms with Crippen molar-refractivity contribution in [2.45, 2.75) is 22.9 Å². The average molecular weight is 448 g/mol. The summed E-state index contributed by atoms with van der Waals surface area (Å²) in [4.78, 5) is -0.746. The molecule has 1 saturated heterocycles. The molecule has 11 heteroatoms. The molecule has 0 atom stereocenters. The molecule has 3 rings (SSSR count). The Morgan fingerprint density at radius 1 is 0.759 bits per heavy atom. The van der Waals surface area contributed by atoms with Gasteiger partial charge in [0.1, 0.15) is 0 Å². The van der Waals surface area contributed by atoms with Crippen molar-refractivity contribution in [3.63, 3.8) is 0 Å². The summed E-state index contributed by atoms with van der Waals surface area (Å²) in [6, 6.07) is 10.2. The fourth-order valence-corrected chi connectivity index (χ4v) is 6.13. The van der Waals surface area contributed by atoms with Crippen LogP contribution in [0.25, 0.3) is 0 Å². The highest BCUT2D eigenvalue weighted by atomic mass is 32.2. The normalized spacial score (nSPS) is 17.4. The fourth-order valence-electron chi connectivity index (χ4n) is 3.07. The number of aryl methyl sites for hydroxylation is 1. The van der Waals surface area contributed by atoms with E-state index in [2.05, 4.69) is 0 Å². The van der Waals surface area contributed by atoms with Gasteiger partial charge in [0.05, 0.1) is 15.4 Å². The van der Waals surface area contributed by atoms with Gasteiger partial charge in [-0.3, -0.25) is 0 Å². The van der Waals surface area contributed by atoms with E-state index in [0.29, 0.717) is 6.07 Å². The zero-order valence-corrected chi connectivity index (χ0v) is 17.1. The lowest BCUT2D eigenvalue weighted by atomic mass is 10.2. The van der Waals surface area contributed by atoms with E-state index in [4.69, 9.17) is 0 Å². The predicted molar refractivity (Wildman–Crippen MR) is 100 cm³/mol. The minimum Gasteiger partial charge on any atom is -0.207 e. The zero-order valence-electron chi connectivity index (χ0n) is 15.4. The summed E-state index contributed by atoms with van der Waals surface area (Å²) >= 11 is 0. The second kappa shape index (κ2) is 7.71. The molecule has 1 aliphatic heterocycles. The third-order valence-electron chi connectivity index (χ3n) is 4.67. The van der Waals surface area contributed by atoms with Crippen molar-refractivity contribution < 1.29 is 30.0 Å². The number of sulfonamides is 2. The van der Waals surface area contributed by atoms with Gasteiger partial charge in [-0.25, -0.2) is 16.8 Å². The van der Waals surface area contributed by atoms with Crippen LogP contribution in [0.4, 0.5) is 13.2 Å². The lowest BCUT2D eigenvalue weighted by Gasteiger charge is -2.33. The summed E-state index contributed by atoms with van der Waals surface area (Å²) < 4.78 is 92.6. The summed E-state index contributed by atoms with van der Waals surface area (Å²) in [5.41, 5.74) is -0.349. The van der Waals surface area contributed by atoms with E-state index in [1.165, 1.54) is 18.2 Å². The highest BCUT2D eigenvalue weighted by Gasteiger charge is 2.40. The highest BCUT2D eigenvalue weighted by molar-refractivity contribution is 7.89. The number of halogens is 3. The minimum absolute atomic E-state index is 0.0850. The Morgan fingerprint density at radius 3 is 1.76 bits per heavy atom. The van der Waals surface area contributed by atoms with Gasteiger partial charge >= 0.3 is 6.18 Å². The third-order valence-corrected chi connectivity index (χ3v) is 8.54. The van der Waals surface area contributed by atoms with Crippen molar-refractivity contribution in [2.75, 3.05) is 26.2 Å². The molecule has 0 spiro atoms. The molecule has 0 saturated carbocycles. The van der Waals surface area contributed by atoms with E-state index in [-0.39, 0.29) is 31.1 Å². The van der Waals surface area contributed by atoms with Gasteiger partial charge in [-0.1, -0.05) is 29.8 Å². The summed E-state index contributed by atoms with van der Waals surface area (Å²) in [5, 5.41) is 0. The molecule has 1 fully saturated rings. The van der Waals surface area contributed by atoms with Crippen molar-refractivity contribution in [3.05, 3.63) is 59.7 Å². The van der Waals surface area contributed by atoms with Gasteiger partial charge in [-0.05, 0) is 31.2 Å². The van der Waals surface area contributed by atoms with Gasteiger partial charge in [0.25, 0.3) is 0 Å². The molecule has 0 aliphatic carbocycles. The first-order chi connectivity index (χ1) is 13.4. The molecular weight excluding hydrogens is 429 g/mol. The fraction of sp³-hybridized carbons (Fsp3) is 0.333. The molecule has 2 aromatic carbocycles.